The Morgan fingerprint density at radius 2 is 2.00 bits per heavy atom. The number of aliphatic imine (C=N–C) groups is 1. The van der Waals surface area contributed by atoms with Gasteiger partial charge in [-0.1, -0.05) is 55.0 Å². The number of ether oxygens (including phenoxy) is 1. The Hall–Kier alpha value is -3.35. The Kier molecular flexibility index (Phi) is 8.66. The third kappa shape index (κ3) is 6.57. The molecule has 1 atom stereocenters. The average Bonchev–Trinajstić information content (AvgIpc) is 3.27. The van der Waals surface area contributed by atoms with E-state index in [-0.39, 0.29) is 6.04 Å². The number of aromatic nitrogens is 3. The molecule has 0 fully saturated rings. The molecule has 0 aliphatic rings. The van der Waals surface area contributed by atoms with E-state index in [1.54, 1.807) is 13.4 Å². The molecule has 7 nitrogen and oxygen atoms in total. The van der Waals surface area contributed by atoms with E-state index in [1.165, 1.54) is 11.1 Å². The van der Waals surface area contributed by atoms with Crippen LogP contribution < -0.4 is 15.4 Å². The monoisotopic (exact) mass is 434 g/mol. The van der Waals surface area contributed by atoms with E-state index in [0.717, 1.165) is 49.0 Å². The number of hydrogen-bond donors (Lipinski definition) is 2. The van der Waals surface area contributed by atoms with Crippen LogP contribution in [0.15, 0.2) is 59.9 Å². The molecule has 0 saturated carbocycles. The van der Waals surface area contributed by atoms with Crippen LogP contribution >= 0.6 is 0 Å². The summed E-state index contributed by atoms with van der Waals surface area (Å²) in [5.74, 6) is 2.64. The van der Waals surface area contributed by atoms with Gasteiger partial charge in [-0.3, -0.25) is 4.99 Å². The zero-order valence-corrected chi connectivity index (χ0v) is 19.5. The number of benzene rings is 2. The van der Waals surface area contributed by atoms with Crippen molar-refractivity contribution in [2.24, 2.45) is 4.99 Å². The molecule has 0 aliphatic heterocycles. The molecule has 170 valence electrons. The molecule has 1 unspecified atom stereocenters. The maximum atomic E-state index is 5.58. The third-order valence-corrected chi connectivity index (χ3v) is 5.38. The molecule has 2 aromatic carbocycles. The van der Waals surface area contributed by atoms with Gasteiger partial charge in [-0.2, -0.15) is 0 Å². The number of nitrogens with zero attached hydrogens (tertiary/aromatic N) is 4. The highest BCUT2D eigenvalue weighted by molar-refractivity contribution is 5.80. The lowest BCUT2D eigenvalue weighted by atomic mass is 10.0. The summed E-state index contributed by atoms with van der Waals surface area (Å²) in [7, 11) is 1.71. The lowest BCUT2D eigenvalue weighted by Crippen LogP contribution is -2.40. The zero-order chi connectivity index (χ0) is 22.8. The Bertz CT molecular complexity index is 999. The first-order valence-electron chi connectivity index (χ1n) is 11.2. The maximum Gasteiger partial charge on any atom is 0.191 e. The van der Waals surface area contributed by atoms with Crippen molar-refractivity contribution in [2.75, 3.05) is 20.2 Å². The van der Waals surface area contributed by atoms with Crippen molar-refractivity contribution < 1.29 is 4.74 Å². The van der Waals surface area contributed by atoms with Crippen molar-refractivity contribution in [3.05, 3.63) is 77.4 Å². The molecule has 7 heteroatoms. The Labute approximate surface area is 190 Å². The van der Waals surface area contributed by atoms with Crippen molar-refractivity contribution in [1.29, 1.82) is 0 Å². The predicted molar refractivity (Wildman–Crippen MR) is 129 cm³/mol. The maximum absolute atomic E-state index is 5.58. The molecule has 1 aromatic heterocycles. The number of aryl methyl sites for hydroxylation is 2. The normalized spacial score (nSPS) is 12.4. The molecule has 0 amide bonds. The minimum absolute atomic E-state index is 0.0361. The number of nitrogens with one attached hydrogen (secondary N) is 2. The van der Waals surface area contributed by atoms with Crippen LogP contribution in [-0.2, 0) is 19.4 Å². The smallest absolute Gasteiger partial charge is 0.191 e. The van der Waals surface area contributed by atoms with E-state index < -0.39 is 0 Å². The van der Waals surface area contributed by atoms with Crippen LogP contribution in [0.2, 0.25) is 0 Å². The first-order chi connectivity index (χ1) is 15.6. The van der Waals surface area contributed by atoms with Crippen molar-refractivity contribution in [3.8, 4) is 5.75 Å². The number of hydrogen-bond acceptors (Lipinski definition) is 4. The molecule has 3 rings (SSSR count). The third-order valence-electron chi connectivity index (χ3n) is 5.38. The van der Waals surface area contributed by atoms with E-state index in [1.807, 2.05) is 12.1 Å². The van der Waals surface area contributed by atoms with E-state index in [4.69, 9.17) is 9.73 Å². The second-order valence-electron chi connectivity index (χ2n) is 7.80. The van der Waals surface area contributed by atoms with Gasteiger partial charge in [0.1, 0.15) is 17.9 Å². The quantitative estimate of drug-likeness (QED) is 0.376. The second kappa shape index (κ2) is 11.9. The Morgan fingerprint density at radius 3 is 2.75 bits per heavy atom. The molecule has 0 aliphatic carbocycles. The summed E-state index contributed by atoms with van der Waals surface area (Å²) >= 11 is 0. The minimum atomic E-state index is 0.0361. The van der Waals surface area contributed by atoms with Gasteiger partial charge in [0.2, 0.25) is 0 Å². The fraction of sp³-hybridized carbons (Fsp3) is 0.400. The highest BCUT2D eigenvalue weighted by atomic mass is 16.5. The molecule has 32 heavy (non-hydrogen) atoms. The summed E-state index contributed by atoms with van der Waals surface area (Å²) in [5, 5.41) is 15.2. The van der Waals surface area contributed by atoms with Gasteiger partial charge in [0.25, 0.3) is 0 Å². The van der Waals surface area contributed by atoms with E-state index in [9.17, 15) is 0 Å². The second-order valence-corrected chi connectivity index (χ2v) is 7.80. The fourth-order valence-corrected chi connectivity index (χ4v) is 3.60. The van der Waals surface area contributed by atoms with Gasteiger partial charge in [-0.05, 0) is 31.9 Å². The molecule has 0 spiro atoms. The number of guanidine groups is 1. The molecule has 0 radical (unpaired) electrons. The van der Waals surface area contributed by atoms with Crippen LogP contribution in [0.25, 0.3) is 0 Å². The van der Waals surface area contributed by atoms with Crippen molar-refractivity contribution in [1.82, 2.24) is 25.4 Å². The van der Waals surface area contributed by atoms with E-state index >= 15 is 0 Å². The van der Waals surface area contributed by atoms with Crippen LogP contribution in [0.3, 0.4) is 0 Å². The molecule has 0 saturated heterocycles. The SMILES string of the molecule is CCc1nncn1CCNC(=NCCc1ccccc1)NC(C)c1cc(C)ccc1OC. The lowest BCUT2D eigenvalue weighted by molar-refractivity contribution is 0.405. The highest BCUT2D eigenvalue weighted by Gasteiger charge is 2.13. The van der Waals surface area contributed by atoms with Gasteiger partial charge < -0.3 is 19.9 Å². The molecule has 2 N–H and O–H groups in total. The number of methoxy groups -OCH3 is 1. The van der Waals surface area contributed by atoms with Crippen LogP contribution in [-0.4, -0.2) is 40.9 Å². The average molecular weight is 435 g/mol. The van der Waals surface area contributed by atoms with Crippen molar-refractivity contribution in [3.63, 3.8) is 0 Å². The number of rotatable bonds is 10. The van der Waals surface area contributed by atoms with Gasteiger partial charge in [0, 0.05) is 31.6 Å². The van der Waals surface area contributed by atoms with Crippen molar-refractivity contribution >= 4 is 5.96 Å². The topological polar surface area (TPSA) is 76.4 Å². The standard InChI is InChI=1S/C25H34N6O/c1-5-24-30-28-18-31(24)16-15-27-25(26-14-13-21-9-7-6-8-10-21)29-20(3)22-17-19(2)11-12-23(22)32-4/h6-12,17-18,20H,5,13-16H2,1-4H3,(H2,26,27,29). The molecule has 0 bridgehead atoms. The summed E-state index contributed by atoms with van der Waals surface area (Å²) in [6, 6.07) is 16.7. The fourth-order valence-electron chi connectivity index (χ4n) is 3.60. The largest absolute Gasteiger partial charge is 0.496 e. The van der Waals surface area contributed by atoms with Gasteiger partial charge in [0.05, 0.1) is 13.2 Å². The molecular formula is C25H34N6O. The van der Waals surface area contributed by atoms with Gasteiger partial charge in [-0.15, -0.1) is 10.2 Å². The van der Waals surface area contributed by atoms with Gasteiger partial charge in [0.15, 0.2) is 5.96 Å². The van der Waals surface area contributed by atoms with Crippen LogP contribution in [0.5, 0.6) is 5.75 Å². The summed E-state index contributed by atoms with van der Waals surface area (Å²) in [6.07, 6.45) is 3.53. The van der Waals surface area contributed by atoms with Gasteiger partial charge in [-0.25, -0.2) is 0 Å². The predicted octanol–water partition coefficient (Wildman–Crippen LogP) is 3.70. The van der Waals surface area contributed by atoms with Crippen LogP contribution in [0, 0.1) is 6.92 Å². The Morgan fingerprint density at radius 1 is 1.19 bits per heavy atom. The summed E-state index contributed by atoms with van der Waals surface area (Å²) in [4.78, 5) is 4.84. The Balaban J connectivity index is 1.68. The molecule has 3 aromatic rings. The lowest BCUT2D eigenvalue weighted by Gasteiger charge is -2.21. The zero-order valence-electron chi connectivity index (χ0n) is 19.5. The van der Waals surface area contributed by atoms with Crippen LogP contribution in [0.4, 0.5) is 0 Å². The summed E-state index contributed by atoms with van der Waals surface area (Å²) < 4.78 is 7.65. The van der Waals surface area contributed by atoms with Gasteiger partial charge >= 0.3 is 0 Å². The van der Waals surface area contributed by atoms with Crippen molar-refractivity contribution in [2.45, 2.75) is 46.2 Å². The first-order valence-corrected chi connectivity index (χ1v) is 11.2. The highest BCUT2D eigenvalue weighted by Crippen LogP contribution is 2.25. The summed E-state index contributed by atoms with van der Waals surface area (Å²) in [6.45, 7) is 8.50. The van der Waals surface area contributed by atoms with E-state index in [2.05, 4.69) is 82.6 Å². The molecular weight excluding hydrogens is 400 g/mol. The molecule has 1 heterocycles. The minimum Gasteiger partial charge on any atom is -0.496 e. The van der Waals surface area contributed by atoms with Crippen LogP contribution in [0.1, 0.15) is 42.4 Å². The summed E-state index contributed by atoms with van der Waals surface area (Å²) in [5.41, 5.74) is 3.59. The van der Waals surface area contributed by atoms with E-state index in [0.29, 0.717) is 6.54 Å². The first kappa shape index (κ1) is 23.3.